The summed E-state index contributed by atoms with van der Waals surface area (Å²) in [5.74, 6) is 2.46. The first-order valence-corrected chi connectivity index (χ1v) is 13.3. The molecule has 38 heavy (non-hydrogen) atoms. The quantitative estimate of drug-likeness (QED) is 0.418. The van der Waals surface area contributed by atoms with Gasteiger partial charge in [0.1, 0.15) is 11.9 Å². The smallest absolute Gasteiger partial charge is 0.231 e. The van der Waals surface area contributed by atoms with Gasteiger partial charge < -0.3 is 23.8 Å². The van der Waals surface area contributed by atoms with Crippen LogP contribution < -0.4 is 9.47 Å². The summed E-state index contributed by atoms with van der Waals surface area (Å²) in [5.41, 5.74) is 10.1. The minimum atomic E-state index is -0.282. The number of benzene rings is 2. The molecule has 2 aromatic carbocycles. The lowest BCUT2D eigenvalue weighted by atomic mass is 9.79. The third-order valence-electron chi connectivity index (χ3n) is 7.75. The van der Waals surface area contributed by atoms with Crippen LogP contribution in [-0.4, -0.2) is 38.1 Å². The van der Waals surface area contributed by atoms with Crippen LogP contribution in [0.15, 0.2) is 89.9 Å². The van der Waals surface area contributed by atoms with Crippen LogP contribution in [0.2, 0.25) is 0 Å². The standard InChI is InChI=1S/C33H35NO4/c1-6-15-36-32-27-19-34-14-13-22-17-29-30(38-20-37-29)18-25(22)31(34)26(24(27)11-12-28(32)35-5)16-21-7-9-23(10-8-21)33(2,3)4/h6-12,17-19,32H,1,13-16,20H2,2-5H3. The predicted octanol–water partition coefficient (Wildman–Crippen LogP) is 6.46. The molecule has 0 spiro atoms. The molecule has 4 aliphatic rings. The number of rotatable bonds is 6. The number of fused-ring (bicyclic) bond motifs is 5. The normalized spacial score (nSPS) is 19.6. The summed E-state index contributed by atoms with van der Waals surface area (Å²) in [6.45, 7) is 12.2. The summed E-state index contributed by atoms with van der Waals surface area (Å²) in [6, 6.07) is 13.4. The highest BCUT2D eigenvalue weighted by molar-refractivity contribution is 5.82. The number of allylic oxidation sites excluding steroid dienone is 3. The van der Waals surface area contributed by atoms with E-state index >= 15 is 0 Å². The van der Waals surface area contributed by atoms with E-state index in [9.17, 15) is 0 Å². The van der Waals surface area contributed by atoms with E-state index in [1.807, 2.05) is 6.08 Å². The van der Waals surface area contributed by atoms with Gasteiger partial charge >= 0.3 is 0 Å². The zero-order valence-corrected chi connectivity index (χ0v) is 22.7. The van der Waals surface area contributed by atoms with Gasteiger partial charge in [0, 0.05) is 30.3 Å². The SMILES string of the molecule is C=CCOC1C(OC)=CC=C2C1=CN1CCc3cc4c(cc3C1=C2Cc1ccc(C(C)(C)C)cc1)OCO4. The molecule has 0 aromatic heterocycles. The molecule has 3 heterocycles. The molecular formula is C33H35NO4. The van der Waals surface area contributed by atoms with Gasteiger partial charge in [-0.15, -0.1) is 6.58 Å². The van der Waals surface area contributed by atoms with Crippen molar-refractivity contribution in [3.8, 4) is 11.5 Å². The number of nitrogens with zero attached hydrogens (tertiary/aromatic N) is 1. The summed E-state index contributed by atoms with van der Waals surface area (Å²) in [4.78, 5) is 2.39. The van der Waals surface area contributed by atoms with Gasteiger partial charge in [-0.25, -0.2) is 0 Å². The lowest BCUT2D eigenvalue weighted by Crippen LogP contribution is -2.34. The summed E-state index contributed by atoms with van der Waals surface area (Å²) < 4.78 is 23.5. The Hall–Kier alpha value is -3.70. The van der Waals surface area contributed by atoms with Crippen molar-refractivity contribution in [1.82, 2.24) is 4.90 Å². The fourth-order valence-corrected chi connectivity index (χ4v) is 5.75. The fraction of sp³-hybridized carbons (Fsp3) is 0.333. The van der Waals surface area contributed by atoms with Crippen molar-refractivity contribution in [1.29, 1.82) is 0 Å². The van der Waals surface area contributed by atoms with Crippen LogP contribution in [-0.2, 0) is 27.7 Å². The number of ether oxygens (including phenoxy) is 4. The third-order valence-corrected chi connectivity index (χ3v) is 7.75. The van der Waals surface area contributed by atoms with Crippen LogP contribution >= 0.6 is 0 Å². The van der Waals surface area contributed by atoms with Gasteiger partial charge in [-0.2, -0.15) is 0 Å². The molecular weight excluding hydrogens is 474 g/mol. The Balaban J connectivity index is 1.50. The first-order chi connectivity index (χ1) is 18.4. The molecule has 6 rings (SSSR count). The van der Waals surface area contributed by atoms with Gasteiger partial charge in [0.05, 0.1) is 19.4 Å². The molecule has 5 heteroatoms. The molecule has 0 N–H and O–H groups in total. The summed E-state index contributed by atoms with van der Waals surface area (Å²) in [7, 11) is 1.71. The molecule has 196 valence electrons. The average Bonchev–Trinajstić information content (AvgIpc) is 3.37. The van der Waals surface area contributed by atoms with Crippen molar-refractivity contribution in [2.45, 2.75) is 45.1 Å². The van der Waals surface area contributed by atoms with Crippen molar-refractivity contribution < 1.29 is 18.9 Å². The lowest BCUT2D eigenvalue weighted by molar-refractivity contribution is 0.0788. The molecule has 0 saturated carbocycles. The van der Waals surface area contributed by atoms with E-state index in [1.165, 1.54) is 39.1 Å². The molecule has 5 nitrogen and oxygen atoms in total. The van der Waals surface area contributed by atoms with Crippen LogP contribution in [0.3, 0.4) is 0 Å². The monoisotopic (exact) mass is 509 g/mol. The largest absolute Gasteiger partial charge is 0.498 e. The van der Waals surface area contributed by atoms with Gasteiger partial charge in [0.25, 0.3) is 0 Å². The molecule has 1 unspecified atom stereocenters. The molecule has 0 saturated heterocycles. The summed E-state index contributed by atoms with van der Waals surface area (Å²) in [6.07, 6.45) is 9.71. The molecule has 2 aromatic rings. The van der Waals surface area contributed by atoms with E-state index in [0.717, 1.165) is 42.2 Å². The maximum atomic E-state index is 6.26. The van der Waals surface area contributed by atoms with Gasteiger partial charge in [-0.05, 0) is 57.9 Å². The van der Waals surface area contributed by atoms with Crippen LogP contribution in [0.5, 0.6) is 11.5 Å². The highest BCUT2D eigenvalue weighted by Crippen LogP contribution is 2.47. The van der Waals surface area contributed by atoms with E-state index in [1.54, 1.807) is 13.2 Å². The average molecular weight is 510 g/mol. The Morgan fingerprint density at radius 3 is 2.55 bits per heavy atom. The van der Waals surface area contributed by atoms with Crippen molar-refractivity contribution in [3.05, 3.63) is 112 Å². The molecule has 0 bridgehead atoms. The number of hydrogen-bond acceptors (Lipinski definition) is 5. The van der Waals surface area contributed by atoms with Gasteiger partial charge in [0.2, 0.25) is 6.79 Å². The molecule has 0 fully saturated rings. The van der Waals surface area contributed by atoms with Crippen LogP contribution in [0.1, 0.15) is 43.0 Å². The topological polar surface area (TPSA) is 40.2 Å². The zero-order valence-electron chi connectivity index (χ0n) is 22.7. The summed E-state index contributed by atoms with van der Waals surface area (Å²) in [5, 5.41) is 0. The highest BCUT2D eigenvalue weighted by atomic mass is 16.7. The fourth-order valence-electron chi connectivity index (χ4n) is 5.75. The van der Waals surface area contributed by atoms with Crippen molar-refractivity contribution in [3.63, 3.8) is 0 Å². The first kappa shape index (κ1) is 24.6. The Labute approximate surface area is 225 Å². The number of hydrogen-bond donors (Lipinski definition) is 0. The Kier molecular flexibility index (Phi) is 6.19. The maximum absolute atomic E-state index is 6.26. The Bertz CT molecular complexity index is 1400. The van der Waals surface area contributed by atoms with Crippen LogP contribution in [0, 0.1) is 0 Å². The molecule has 1 aliphatic carbocycles. The van der Waals surface area contributed by atoms with E-state index < -0.39 is 0 Å². The molecule has 3 aliphatic heterocycles. The van der Waals surface area contributed by atoms with Crippen molar-refractivity contribution in [2.75, 3.05) is 27.1 Å². The maximum Gasteiger partial charge on any atom is 0.231 e. The van der Waals surface area contributed by atoms with Crippen LogP contribution in [0.25, 0.3) is 5.70 Å². The van der Waals surface area contributed by atoms with Gasteiger partial charge in [0.15, 0.2) is 11.5 Å². The van der Waals surface area contributed by atoms with Gasteiger partial charge in [-0.3, -0.25) is 0 Å². The van der Waals surface area contributed by atoms with Gasteiger partial charge in [-0.1, -0.05) is 57.2 Å². The third kappa shape index (κ3) is 4.25. The molecule has 1 atom stereocenters. The van der Waals surface area contributed by atoms with E-state index in [0.29, 0.717) is 6.61 Å². The van der Waals surface area contributed by atoms with Crippen LogP contribution in [0.4, 0.5) is 0 Å². The minimum Gasteiger partial charge on any atom is -0.498 e. The molecule has 0 amide bonds. The molecule has 0 radical (unpaired) electrons. The van der Waals surface area contributed by atoms with Crippen molar-refractivity contribution >= 4 is 5.70 Å². The van der Waals surface area contributed by atoms with E-state index in [-0.39, 0.29) is 18.3 Å². The Morgan fingerprint density at radius 1 is 1.08 bits per heavy atom. The highest BCUT2D eigenvalue weighted by Gasteiger charge is 2.37. The minimum absolute atomic E-state index is 0.117. The lowest BCUT2D eigenvalue weighted by Gasteiger charge is -2.40. The predicted molar refractivity (Wildman–Crippen MR) is 150 cm³/mol. The second-order valence-electron chi connectivity index (χ2n) is 11.2. The first-order valence-electron chi connectivity index (χ1n) is 13.3. The Morgan fingerprint density at radius 2 is 1.84 bits per heavy atom. The number of methoxy groups -OCH3 is 1. The zero-order chi connectivity index (χ0) is 26.4. The van der Waals surface area contributed by atoms with Crippen molar-refractivity contribution in [2.24, 2.45) is 0 Å². The second kappa shape index (κ2) is 9.55. The summed E-state index contributed by atoms with van der Waals surface area (Å²) >= 11 is 0. The van der Waals surface area contributed by atoms with E-state index in [4.69, 9.17) is 18.9 Å². The van der Waals surface area contributed by atoms with E-state index in [2.05, 4.69) is 80.9 Å². The second-order valence-corrected chi connectivity index (χ2v) is 11.2.